The molecular weight excluding hydrogens is 234 g/mol. The molecule has 17 heavy (non-hydrogen) atoms. The fraction of sp³-hybridized carbons (Fsp3) is 0.500. The van der Waals surface area contributed by atoms with Gasteiger partial charge in [-0.15, -0.1) is 11.6 Å². The predicted molar refractivity (Wildman–Crippen MR) is 70.1 cm³/mol. The van der Waals surface area contributed by atoms with Crippen LogP contribution in [0.1, 0.15) is 30.9 Å². The van der Waals surface area contributed by atoms with Gasteiger partial charge in [-0.3, -0.25) is 4.79 Å². The molecule has 0 aliphatic heterocycles. The lowest BCUT2D eigenvalue weighted by Gasteiger charge is -2.21. The molecule has 1 fully saturated rings. The van der Waals surface area contributed by atoms with Gasteiger partial charge in [0.05, 0.1) is 0 Å². The zero-order valence-corrected chi connectivity index (χ0v) is 10.9. The van der Waals surface area contributed by atoms with Crippen LogP contribution in [0.15, 0.2) is 24.3 Å². The molecule has 0 aromatic heterocycles. The molecule has 92 valence electrons. The second-order valence-electron chi connectivity index (χ2n) is 4.56. The first-order valence-electron chi connectivity index (χ1n) is 6.18. The highest BCUT2D eigenvalue weighted by atomic mass is 35.5. The van der Waals surface area contributed by atoms with Crippen LogP contribution in [-0.2, 0) is 17.8 Å². The van der Waals surface area contributed by atoms with Crippen molar-refractivity contribution in [3.63, 3.8) is 0 Å². The summed E-state index contributed by atoms with van der Waals surface area (Å²) >= 11 is 5.64. The number of nitrogens with zero attached hydrogens (tertiary/aromatic N) is 1. The number of amides is 1. The standard InChI is InChI=1S/C14H18ClNO/c1-2-11-3-5-12(6-4-11)10-16(13-7-8-13)14(17)9-15/h3-6,13H,2,7-10H2,1H3. The minimum absolute atomic E-state index is 0.0498. The fourth-order valence-electron chi connectivity index (χ4n) is 1.96. The van der Waals surface area contributed by atoms with E-state index in [9.17, 15) is 4.79 Å². The Bertz CT molecular complexity index is 384. The van der Waals surface area contributed by atoms with Gasteiger partial charge in [-0.25, -0.2) is 0 Å². The lowest BCUT2D eigenvalue weighted by Crippen LogP contribution is -2.33. The molecule has 1 aromatic carbocycles. The van der Waals surface area contributed by atoms with Gasteiger partial charge in [-0.2, -0.15) is 0 Å². The van der Waals surface area contributed by atoms with Crippen LogP contribution in [0.5, 0.6) is 0 Å². The highest BCUT2D eigenvalue weighted by molar-refractivity contribution is 6.27. The molecular formula is C14H18ClNO. The molecule has 0 saturated heterocycles. The second kappa shape index (κ2) is 5.54. The Balaban J connectivity index is 2.03. The lowest BCUT2D eigenvalue weighted by molar-refractivity contribution is -0.129. The molecule has 0 atom stereocenters. The number of carbonyl (C=O) groups excluding carboxylic acids is 1. The van der Waals surface area contributed by atoms with E-state index in [4.69, 9.17) is 11.6 Å². The molecule has 0 radical (unpaired) electrons. The van der Waals surface area contributed by atoms with Crippen LogP contribution in [0.3, 0.4) is 0 Å². The molecule has 1 aliphatic carbocycles. The van der Waals surface area contributed by atoms with Crippen LogP contribution >= 0.6 is 11.6 Å². The summed E-state index contributed by atoms with van der Waals surface area (Å²) in [6.45, 7) is 2.84. The molecule has 1 saturated carbocycles. The minimum atomic E-state index is 0.0498. The van der Waals surface area contributed by atoms with Gasteiger partial charge in [0, 0.05) is 12.6 Å². The summed E-state index contributed by atoms with van der Waals surface area (Å²) in [4.78, 5) is 13.6. The van der Waals surface area contributed by atoms with E-state index in [-0.39, 0.29) is 11.8 Å². The number of carbonyl (C=O) groups is 1. The lowest BCUT2D eigenvalue weighted by atomic mass is 10.1. The van der Waals surface area contributed by atoms with Gasteiger partial charge < -0.3 is 4.90 Å². The first-order valence-corrected chi connectivity index (χ1v) is 6.71. The summed E-state index contributed by atoms with van der Waals surface area (Å²) in [5.41, 5.74) is 2.52. The van der Waals surface area contributed by atoms with Crippen LogP contribution in [-0.4, -0.2) is 22.7 Å². The summed E-state index contributed by atoms with van der Waals surface area (Å²) in [6, 6.07) is 8.90. The minimum Gasteiger partial charge on any atom is -0.334 e. The van der Waals surface area contributed by atoms with Gasteiger partial charge in [0.2, 0.25) is 5.91 Å². The maximum Gasteiger partial charge on any atom is 0.238 e. The Kier molecular flexibility index (Phi) is 4.06. The van der Waals surface area contributed by atoms with Crippen molar-refractivity contribution in [3.05, 3.63) is 35.4 Å². The van der Waals surface area contributed by atoms with Crippen molar-refractivity contribution in [3.8, 4) is 0 Å². The Hall–Kier alpha value is -1.02. The largest absolute Gasteiger partial charge is 0.334 e. The highest BCUT2D eigenvalue weighted by Gasteiger charge is 2.31. The van der Waals surface area contributed by atoms with E-state index < -0.39 is 0 Å². The summed E-state index contributed by atoms with van der Waals surface area (Å²) in [5, 5.41) is 0. The number of alkyl halides is 1. The number of halogens is 1. The van der Waals surface area contributed by atoms with Gasteiger partial charge >= 0.3 is 0 Å². The molecule has 0 heterocycles. The SMILES string of the molecule is CCc1ccc(CN(C(=O)CCl)C2CC2)cc1. The van der Waals surface area contributed by atoms with Crippen molar-refractivity contribution in [2.24, 2.45) is 0 Å². The zero-order valence-electron chi connectivity index (χ0n) is 10.2. The van der Waals surface area contributed by atoms with Gasteiger partial charge in [0.25, 0.3) is 0 Å². The maximum absolute atomic E-state index is 11.7. The Morgan fingerprint density at radius 3 is 2.35 bits per heavy atom. The molecule has 0 bridgehead atoms. The van der Waals surface area contributed by atoms with Crippen LogP contribution in [0.2, 0.25) is 0 Å². The smallest absolute Gasteiger partial charge is 0.238 e. The van der Waals surface area contributed by atoms with Crippen molar-refractivity contribution >= 4 is 17.5 Å². The fourth-order valence-corrected chi connectivity index (χ4v) is 2.11. The van der Waals surface area contributed by atoms with E-state index in [2.05, 4.69) is 31.2 Å². The van der Waals surface area contributed by atoms with Crippen LogP contribution < -0.4 is 0 Å². The zero-order chi connectivity index (χ0) is 12.3. The van der Waals surface area contributed by atoms with Gasteiger partial charge in [0.15, 0.2) is 0 Å². The molecule has 0 N–H and O–H groups in total. The van der Waals surface area contributed by atoms with E-state index in [1.807, 2.05) is 4.90 Å². The van der Waals surface area contributed by atoms with E-state index in [0.29, 0.717) is 12.6 Å². The third-order valence-corrected chi connectivity index (χ3v) is 3.44. The predicted octanol–water partition coefficient (Wildman–Crippen LogP) is 2.98. The van der Waals surface area contributed by atoms with Crippen molar-refractivity contribution in [1.29, 1.82) is 0 Å². The summed E-state index contributed by atoms with van der Waals surface area (Å²) in [6.07, 6.45) is 3.29. The van der Waals surface area contributed by atoms with Crippen LogP contribution in [0.4, 0.5) is 0 Å². The Labute approximate surface area is 108 Å². The number of rotatable bonds is 5. The normalized spacial score (nSPS) is 14.7. The Morgan fingerprint density at radius 2 is 1.88 bits per heavy atom. The maximum atomic E-state index is 11.7. The van der Waals surface area contributed by atoms with Crippen LogP contribution in [0.25, 0.3) is 0 Å². The van der Waals surface area contributed by atoms with Gasteiger partial charge in [-0.1, -0.05) is 31.2 Å². The average Bonchev–Trinajstić information content (AvgIpc) is 3.20. The summed E-state index contributed by atoms with van der Waals surface area (Å²) < 4.78 is 0. The highest BCUT2D eigenvalue weighted by Crippen LogP contribution is 2.28. The number of benzene rings is 1. The second-order valence-corrected chi connectivity index (χ2v) is 4.82. The molecule has 2 rings (SSSR count). The van der Waals surface area contributed by atoms with Gasteiger partial charge in [0.1, 0.15) is 5.88 Å². The first kappa shape index (κ1) is 12.4. The number of hydrogen-bond acceptors (Lipinski definition) is 1. The van der Waals surface area contributed by atoms with Crippen molar-refractivity contribution in [1.82, 2.24) is 4.90 Å². The number of aryl methyl sites for hydroxylation is 1. The van der Waals surface area contributed by atoms with Crippen molar-refractivity contribution in [2.75, 3.05) is 5.88 Å². The van der Waals surface area contributed by atoms with E-state index >= 15 is 0 Å². The monoisotopic (exact) mass is 251 g/mol. The molecule has 1 aliphatic rings. The quantitative estimate of drug-likeness (QED) is 0.737. The van der Waals surface area contributed by atoms with E-state index in [1.54, 1.807) is 0 Å². The molecule has 2 nitrogen and oxygen atoms in total. The molecule has 3 heteroatoms. The third-order valence-electron chi connectivity index (χ3n) is 3.21. The van der Waals surface area contributed by atoms with E-state index in [0.717, 1.165) is 19.3 Å². The summed E-state index contributed by atoms with van der Waals surface area (Å²) in [5.74, 6) is 0.137. The van der Waals surface area contributed by atoms with Gasteiger partial charge in [-0.05, 0) is 30.4 Å². The molecule has 1 aromatic rings. The third kappa shape index (κ3) is 3.22. The Morgan fingerprint density at radius 1 is 1.29 bits per heavy atom. The number of hydrogen-bond donors (Lipinski definition) is 0. The van der Waals surface area contributed by atoms with Crippen LogP contribution in [0, 0.1) is 0 Å². The average molecular weight is 252 g/mol. The van der Waals surface area contributed by atoms with E-state index in [1.165, 1.54) is 11.1 Å². The first-order chi connectivity index (χ1) is 8.24. The molecule has 0 spiro atoms. The topological polar surface area (TPSA) is 20.3 Å². The molecule has 0 unspecified atom stereocenters. The van der Waals surface area contributed by atoms with Crippen molar-refractivity contribution < 1.29 is 4.79 Å². The summed E-state index contributed by atoms with van der Waals surface area (Å²) in [7, 11) is 0. The van der Waals surface area contributed by atoms with Crippen molar-refractivity contribution in [2.45, 2.75) is 38.8 Å². The molecule has 1 amide bonds.